The summed E-state index contributed by atoms with van der Waals surface area (Å²) >= 11 is 4.25. The average molecular weight is 173 g/mol. The highest BCUT2D eigenvalue weighted by Gasteiger charge is 2.16. The monoisotopic (exact) mass is 173 g/mol. The van der Waals surface area contributed by atoms with Crippen molar-refractivity contribution in [2.45, 2.75) is 26.2 Å². The molecule has 66 valence electrons. The summed E-state index contributed by atoms with van der Waals surface area (Å²) in [7, 11) is 0. The lowest BCUT2D eigenvalue weighted by Gasteiger charge is -2.31. The van der Waals surface area contributed by atoms with Crippen LogP contribution in [0.15, 0.2) is 0 Å². The van der Waals surface area contributed by atoms with E-state index in [0.29, 0.717) is 0 Å². The van der Waals surface area contributed by atoms with Crippen LogP contribution in [0, 0.1) is 5.92 Å². The number of hydrogen-bond acceptors (Lipinski definition) is 2. The van der Waals surface area contributed by atoms with Gasteiger partial charge in [0.2, 0.25) is 0 Å². The molecule has 1 aliphatic rings. The minimum Gasteiger partial charge on any atom is -0.302 e. The van der Waals surface area contributed by atoms with Crippen LogP contribution in [0.4, 0.5) is 0 Å². The second kappa shape index (κ2) is 5.04. The van der Waals surface area contributed by atoms with Gasteiger partial charge in [-0.15, -0.1) is 0 Å². The van der Waals surface area contributed by atoms with E-state index in [-0.39, 0.29) is 0 Å². The second-order valence-corrected chi connectivity index (χ2v) is 3.89. The molecular formula is C9H19NS. The Labute approximate surface area is 75.6 Å². The zero-order valence-corrected chi connectivity index (χ0v) is 8.32. The van der Waals surface area contributed by atoms with Crippen LogP contribution < -0.4 is 0 Å². The van der Waals surface area contributed by atoms with Crippen LogP contribution in [0.3, 0.4) is 0 Å². The predicted molar refractivity (Wildman–Crippen MR) is 53.3 cm³/mol. The fourth-order valence-electron chi connectivity index (χ4n) is 1.83. The van der Waals surface area contributed by atoms with E-state index in [1.54, 1.807) is 0 Å². The fourth-order valence-corrected chi connectivity index (χ4v) is 2.11. The molecule has 0 aromatic heterocycles. The molecule has 0 N–H and O–H groups in total. The third-order valence-corrected chi connectivity index (χ3v) is 2.80. The van der Waals surface area contributed by atoms with Crippen LogP contribution in [-0.4, -0.2) is 30.3 Å². The van der Waals surface area contributed by atoms with E-state index in [9.17, 15) is 0 Å². The lowest BCUT2D eigenvalue weighted by molar-refractivity contribution is 0.181. The van der Waals surface area contributed by atoms with Gasteiger partial charge in [-0.25, -0.2) is 0 Å². The van der Waals surface area contributed by atoms with E-state index in [4.69, 9.17) is 0 Å². The Balaban J connectivity index is 2.21. The van der Waals surface area contributed by atoms with Gasteiger partial charge in [0, 0.05) is 18.8 Å². The van der Waals surface area contributed by atoms with E-state index in [1.165, 1.54) is 38.9 Å². The van der Waals surface area contributed by atoms with Crippen LogP contribution in [0.25, 0.3) is 0 Å². The Morgan fingerprint density at radius 1 is 1.55 bits per heavy atom. The van der Waals surface area contributed by atoms with Crippen molar-refractivity contribution in [1.29, 1.82) is 0 Å². The zero-order valence-electron chi connectivity index (χ0n) is 7.42. The summed E-state index contributed by atoms with van der Waals surface area (Å²) in [5.41, 5.74) is 0. The Kier molecular flexibility index (Phi) is 4.31. The highest BCUT2D eigenvalue weighted by atomic mass is 32.1. The molecule has 0 saturated carbocycles. The van der Waals surface area contributed by atoms with Gasteiger partial charge in [0.25, 0.3) is 0 Å². The molecule has 1 atom stereocenters. The summed E-state index contributed by atoms with van der Waals surface area (Å²) in [6, 6.07) is 0. The lowest BCUT2D eigenvalue weighted by atomic mass is 9.96. The molecule has 0 amide bonds. The topological polar surface area (TPSA) is 3.24 Å². The van der Waals surface area contributed by atoms with Crippen molar-refractivity contribution in [3.05, 3.63) is 0 Å². The van der Waals surface area contributed by atoms with Gasteiger partial charge < -0.3 is 4.90 Å². The second-order valence-electron chi connectivity index (χ2n) is 3.44. The quantitative estimate of drug-likeness (QED) is 0.639. The Morgan fingerprint density at radius 3 is 3.00 bits per heavy atom. The molecule has 0 radical (unpaired) electrons. The van der Waals surface area contributed by atoms with Gasteiger partial charge in [-0.05, 0) is 25.3 Å². The number of likely N-dealkylation sites (tertiary alicyclic amines) is 1. The van der Waals surface area contributed by atoms with E-state index in [0.717, 1.165) is 11.7 Å². The van der Waals surface area contributed by atoms with Crippen LogP contribution in [0.5, 0.6) is 0 Å². The standard InChI is InChI=1S/C9H19NS/c1-2-9-4-3-5-10(8-9)6-7-11/h9,11H,2-8H2,1H3. The Morgan fingerprint density at radius 2 is 2.36 bits per heavy atom. The molecular weight excluding hydrogens is 154 g/mol. The van der Waals surface area contributed by atoms with Gasteiger partial charge in [0.15, 0.2) is 0 Å². The van der Waals surface area contributed by atoms with E-state index in [1.807, 2.05) is 0 Å². The van der Waals surface area contributed by atoms with Crippen molar-refractivity contribution in [3.8, 4) is 0 Å². The molecule has 1 saturated heterocycles. The van der Waals surface area contributed by atoms with Crippen molar-refractivity contribution in [1.82, 2.24) is 4.90 Å². The number of hydrogen-bond donors (Lipinski definition) is 1. The largest absolute Gasteiger partial charge is 0.302 e. The molecule has 1 aliphatic heterocycles. The van der Waals surface area contributed by atoms with E-state index in [2.05, 4.69) is 24.5 Å². The van der Waals surface area contributed by atoms with Crippen molar-refractivity contribution in [2.75, 3.05) is 25.4 Å². The summed E-state index contributed by atoms with van der Waals surface area (Å²) in [6.07, 6.45) is 4.19. The first-order valence-corrected chi connectivity index (χ1v) is 5.33. The number of nitrogens with zero attached hydrogens (tertiary/aromatic N) is 1. The minimum atomic E-state index is 0.962. The van der Waals surface area contributed by atoms with Crippen LogP contribution >= 0.6 is 12.6 Å². The zero-order chi connectivity index (χ0) is 8.10. The minimum absolute atomic E-state index is 0.962. The van der Waals surface area contributed by atoms with E-state index < -0.39 is 0 Å². The van der Waals surface area contributed by atoms with Gasteiger partial charge in [-0.1, -0.05) is 13.3 Å². The van der Waals surface area contributed by atoms with Crippen molar-refractivity contribution in [2.24, 2.45) is 5.92 Å². The number of thiol groups is 1. The van der Waals surface area contributed by atoms with Gasteiger partial charge in [-0.3, -0.25) is 0 Å². The van der Waals surface area contributed by atoms with Crippen molar-refractivity contribution < 1.29 is 0 Å². The maximum absolute atomic E-state index is 4.25. The third-order valence-electron chi connectivity index (χ3n) is 2.60. The van der Waals surface area contributed by atoms with Crippen molar-refractivity contribution in [3.63, 3.8) is 0 Å². The average Bonchev–Trinajstić information content (AvgIpc) is 2.06. The third kappa shape index (κ3) is 3.04. The summed E-state index contributed by atoms with van der Waals surface area (Å²) in [6.45, 7) is 6.10. The summed E-state index contributed by atoms with van der Waals surface area (Å²) < 4.78 is 0. The molecule has 1 rings (SSSR count). The smallest absolute Gasteiger partial charge is 0.00699 e. The first-order valence-electron chi connectivity index (χ1n) is 4.70. The summed E-state index contributed by atoms with van der Waals surface area (Å²) in [5, 5.41) is 0. The maximum Gasteiger partial charge on any atom is 0.00699 e. The first-order chi connectivity index (χ1) is 5.36. The molecule has 0 aromatic carbocycles. The lowest BCUT2D eigenvalue weighted by Crippen LogP contribution is -2.36. The van der Waals surface area contributed by atoms with Crippen molar-refractivity contribution >= 4 is 12.6 Å². The number of rotatable bonds is 3. The number of piperidine rings is 1. The molecule has 1 unspecified atom stereocenters. The SMILES string of the molecule is CCC1CCCN(CCS)C1. The normalized spacial score (nSPS) is 27.3. The molecule has 0 aliphatic carbocycles. The van der Waals surface area contributed by atoms with Crippen LogP contribution in [-0.2, 0) is 0 Å². The summed E-state index contributed by atoms with van der Waals surface area (Å²) in [4.78, 5) is 2.55. The van der Waals surface area contributed by atoms with Gasteiger partial charge in [0.1, 0.15) is 0 Å². The molecule has 11 heavy (non-hydrogen) atoms. The Hall–Kier alpha value is 0.310. The highest BCUT2D eigenvalue weighted by molar-refractivity contribution is 7.80. The Bertz CT molecular complexity index is 104. The highest BCUT2D eigenvalue weighted by Crippen LogP contribution is 2.18. The fraction of sp³-hybridized carbons (Fsp3) is 1.00. The molecule has 1 heterocycles. The molecule has 0 spiro atoms. The molecule has 1 fully saturated rings. The summed E-state index contributed by atoms with van der Waals surface area (Å²) in [5.74, 6) is 1.97. The van der Waals surface area contributed by atoms with Gasteiger partial charge in [0.05, 0.1) is 0 Å². The molecule has 0 bridgehead atoms. The first kappa shape index (κ1) is 9.40. The van der Waals surface area contributed by atoms with Gasteiger partial charge in [-0.2, -0.15) is 12.6 Å². The molecule has 2 heteroatoms. The maximum atomic E-state index is 4.25. The van der Waals surface area contributed by atoms with Crippen LogP contribution in [0.1, 0.15) is 26.2 Å². The van der Waals surface area contributed by atoms with Gasteiger partial charge >= 0.3 is 0 Å². The van der Waals surface area contributed by atoms with Crippen LogP contribution in [0.2, 0.25) is 0 Å². The predicted octanol–water partition coefficient (Wildman–Crippen LogP) is 2.04. The molecule has 1 nitrogen and oxygen atoms in total. The van der Waals surface area contributed by atoms with E-state index >= 15 is 0 Å². The molecule has 0 aromatic rings.